The monoisotopic (exact) mass is 524 g/mol. The first-order valence-corrected chi connectivity index (χ1v) is 15.2. The van der Waals surface area contributed by atoms with Crippen molar-refractivity contribution in [3.63, 3.8) is 0 Å². The number of fused-ring (bicyclic) bond motifs is 5. The first-order valence-electron chi connectivity index (χ1n) is 12.7. The zero-order valence-corrected chi connectivity index (χ0v) is 22.9. The molecule has 194 valence electrons. The van der Waals surface area contributed by atoms with Crippen molar-refractivity contribution in [1.29, 1.82) is 0 Å². The number of ketones is 2. The predicted molar refractivity (Wildman–Crippen MR) is 138 cm³/mol. The summed E-state index contributed by atoms with van der Waals surface area (Å²) in [4.78, 5) is 38.3. The SMILES string of the molecule is CCCSSCC(=O)[C@@]1(OC(C)=O)[C@@H](C)C[C@H]2[C@@H]3CCC4=CC(=O)C=C[C@]4(C)[C@@]3(F)[C@@H](O)C[C@@]21C. The lowest BCUT2D eigenvalue weighted by molar-refractivity contribution is -0.226. The lowest BCUT2D eigenvalue weighted by Crippen LogP contribution is -2.70. The van der Waals surface area contributed by atoms with Crippen molar-refractivity contribution in [2.24, 2.45) is 28.6 Å². The molecule has 4 aliphatic rings. The molecular formula is C27H37FO5S2. The number of hydrogen-bond acceptors (Lipinski definition) is 7. The molecule has 4 aliphatic carbocycles. The van der Waals surface area contributed by atoms with Crippen LogP contribution in [0.5, 0.6) is 0 Å². The number of alkyl halides is 1. The molecule has 0 saturated heterocycles. The topological polar surface area (TPSA) is 80.7 Å². The standard InChI is InChI=1S/C27H37FO5S2/c1-6-11-34-35-15-23(32)27(33-17(3)29)16(2)12-21-20-8-7-18-13-19(30)9-10-24(18,4)26(20,28)22(31)14-25(21,27)5/h9-10,13,16,20-22,31H,6-8,11-12,14-15H2,1-5H3/t16-,20-,21-,22-,24-,25-,26-,27-/m0/s1. The number of aliphatic hydroxyl groups is 1. The van der Waals surface area contributed by atoms with Crippen LogP contribution in [0.3, 0.4) is 0 Å². The average Bonchev–Trinajstić information content (AvgIpc) is 3.00. The van der Waals surface area contributed by atoms with Crippen molar-refractivity contribution in [3.05, 3.63) is 23.8 Å². The number of rotatable bonds is 7. The molecule has 4 rings (SSSR count). The second-order valence-electron chi connectivity index (χ2n) is 11.2. The van der Waals surface area contributed by atoms with Gasteiger partial charge < -0.3 is 9.84 Å². The Labute approximate surface area is 215 Å². The van der Waals surface area contributed by atoms with Crippen molar-refractivity contribution in [2.45, 2.75) is 84.1 Å². The van der Waals surface area contributed by atoms with Gasteiger partial charge in [-0.25, -0.2) is 4.39 Å². The van der Waals surface area contributed by atoms with Crippen molar-refractivity contribution in [2.75, 3.05) is 11.5 Å². The molecule has 0 aromatic heterocycles. The summed E-state index contributed by atoms with van der Waals surface area (Å²) in [5.74, 6) is -0.776. The van der Waals surface area contributed by atoms with Gasteiger partial charge in [0.1, 0.15) is 0 Å². The Morgan fingerprint density at radius 3 is 2.63 bits per heavy atom. The Bertz CT molecular complexity index is 981. The van der Waals surface area contributed by atoms with E-state index in [2.05, 4.69) is 6.92 Å². The molecular weight excluding hydrogens is 487 g/mol. The number of aliphatic hydroxyl groups excluding tert-OH is 1. The molecule has 0 radical (unpaired) electrons. The van der Waals surface area contributed by atoms with Crippen LogP contribution >= 0.6 is 21.6 Å². The zero-order valence-electron chi connectivity index (χ0n) is 21.3. The van der Waals surface area contributed by atoms with Crippen molar-refractivity contribution in [3.8, 4) is 0 Å². The Kier molecular flexibility index (Phi) is 7.17. The lowest BCUT2D eigenvalue weighted by atomic mass is 9.44. The molecule has 35 heavy (non-hydrogen) atoms. The van der Waals surface area contributed by atoms with Gasteiger partial charge in [0.2, 0.25) is 0 Å². The maximum Gasteiger partial charge on any atom is 0.303 e. The quantitative estimate of drug-likeness (QED) is 0.276. The van der Waals surface area contributed by atoms with Crippen LogP contribution in [0.2, 0.25) is 0 Å². The highest BCUT2D eigenvalue weighted by molar-refractivity contribution is 8.76. The predicted octanol–water partition coefficient (Wildman–Crippen LogP) is 5.27. The van der Waals surface area contributed by atoms with E-state index >= 15 is 4.39 Å². The molecule has 8 atom stereocenters. The fraction of sp³-hybridized carbons (Fsp3) is 0.741. The highest BCUT2D eigenvalue weighted by Gasteiger charge is 2.77. The molecule has 0 aromatic rings. The number of Topliss-reactive ketones (excluding diaryl/α,β-unsaturated/α-hetero) is 1. The van der Waals surface area contributed by atoms with E-state index in [9.17, 15) is 19.5 Å². The molecule has 0 aliphatic heterocycles. The number of hydrogen-bond donors (Lipinski definition) is 1. The number of halogens is 1. The molecule has 0 amide bonds. The lowest BCUT2D eigenvalue weighted by Gasteiger charge is -2.62. The minimum Gasteiger partial charge on any atom is -0.450 e. The molecule has 0 aromatic carbocycles. The Morgan fingerprint density at radius 2 is 1.97 bits per heavy atom. The number of ether oxygens (including phenoxy) is 1. The molecule has 1 N–H and O–H groups in total. The minimum atomic E-state index is -1.97. The maximum atomic E-state index is 17.3. The van der Waals surface area contributed by atoms with Gasteiger partial charge in [0.25, 0.3) is 0 Å². The van der Waals surface area contributed by atoms with E-state index in [4.69, 9.17) is 4.74 Å². The van der Waals surface area contributed by atoms with Crippen molar-refractivity contribution in [1.82, 2.24) is 0 Å². The summed E-state index contributed by atoms with van der Waals surface area (Å²) < 4.78 is 23.3. The van der Waals surface area contributed by atoms with E-state index in [0.29, 0.717) is 19.3 Å². The van der Waals surface area contributed by atoms with Gasteiger partial charge in [-0.3, -0.25) is 14.4 Å². The normalized spacial score (nSPS) is 44.2. The van der Waals surface area contributed by atoms with E-state index in [1.54, 1.807) is 23.8 Å². The summed E-state index contributed by atoms with van der Waals surface area (Å²) in [5.41, 5.74) is -4.63. The van der Waals surface area contributed by atoms with Crippen LogP contribution in [0.4, 0.5) is 4.39 Å². The van der Waals surface area contributed by atoms with Gasteiger partial charge in [-0.05, 0) is 57.1 Å². The van der Waals surface area contributed by atoms with Crippen LogP contribution in [0, 0.1) is 28.6 Å². The maximum absolute atomic E-state index is 17.3. The van der Waals surface area contributed by atoms with Gasteiger partial charge >= 0.3 is 5.97 Å². The number of carbonyl (C=O) groups excluding carboxylic acids is 3. The molecule has 0 unspecified atom stereocenters. The largest absolute Gasteiger partial charge is 0.450 e. The fourth-order valence-corrected chi connectivity index (χ4v) is 10.1. The van der Waals surface area contributed by atoms with Crippen molar-refractivity contribution >= 4 is 39.1 Å². The van der Waals surface area contributed by atoms with E-state index in [0.717, 1.165) is 17.7 Å². The Hall–Kier alpha value is -1.12. The third kappa shape index (κ3) is 3.71. The number of esters is 1. The van der Waals surface area contributed by atoms with Crippen LogP contribution in [-0.2, 0) is 19.1 Å². The molecule has 8 heteroatoms. The van der Waals surface area contributed by atoms with Gasteiger partial charge in [-0.1, -0.05) is 54.0 Å². The highest BCUT2D eigenvalue weighted by atomic mass is 33.1. The molecule has 3 fully saturated rings. The van der Waals surface area contributed by atoms with Crippen LogP contribution in [0.1, 0.15) is 66.7 Å². The highest BCUT2D eigenvalue weighted by Crippen LogP contribution is 2.71. The Morgan fingerprint density at radius 1 is 1.26 bits per heavy atom. The Balaban J connectivity index is 1.76. The second-order valence-corrected chi connectivity index (χ2v) is 13.8. The summed E-state index contributed by atoms with van der Waals surface area (Å²) in [7, 11) is 3.09. The van der Waals surface area contributed by atoms with E-state index < -0.39 is 40.1 Å². The molecule has 3 saturated carbocycles. The first kappa shape index (κ1) is 26.9. The van der Waals surface area contributed by atoms with E-state index in [-0.39, 0.29) is 35.6 Å². The van der Waals surface area contributed by atoms with Gasteiger partial charge in [0.15, 0.2) is 22.8 Å². The summed E-state index contributed by atoms with van der Waals surface area (Å²) >= 11 is 0. The van der Waals surface area contributed by atoms with Crippen LogP contribution in [-0.4, -0.2) is 51.5 Å². The molecule has 5 nitrogen and oxygen atoms in total. The smallest absolute Gasteiger partial charge is 0.303 e. The van der Waals surface area contributed by atoms with Gasteiger partial charge in [0, 0.05) is 35.3 Å². The first-order chi connectivity index (χ1) is 16.4. The summed E-state index contributed by atoms with van der Waals surface area (Å²) in [6.07, 6.45) is 5.80. The van der Waals surface area contributed by atoms with Gasteiger partial charge in [-0.2, -0.15) is 0 Å². The summed E-state index contributed by atoms with van der Waals surface area (Å²) in [5, 5.41) is 11.5. The second kappa shape index (κ2) is 9.32. The average molecular weight is 525 g/mol. The minimum absolute atomic E-state index is 0.0193. The van der Waals surface area contributed by atoms with Crippen LogP contribution < -0.4 is 0 Å². The van der Waals surface area contributed by atoms with Crippen LogP contribution in [0.25, 0.3) is 0 Å². The zero-order chi connectivity index (χ0) is 25.8. The van der Waals surface area contributed by atoms with Gasteiger partial charge in [0.05, 0.1) is 11.9 Å². The summed E-state index contributed by atoms with van der Waals surface area (Å²) in [6, 6.07) is 0. The van der Waals surface area contributed by atoms with E-state index in [1.165, 1.54) is 29.9 Å². The third-order valence-corrected chi connectivity index (χ3v) is 11.9. The summed E-state index contributed by atoms with van der Waals surface area (Å²) in [6.45, 7) is 9.02. The van der Waals surface area contributed by atoms with Gasteiger partial charge in [-0.15, -0.1) is 0 Å². The number of carbonyl (C=O) groups is 3. The van der Waals surface area contributed by atoms with E-state index in [1.807, 2.05) is 13.8 Å². The molecule has 0 bridgehead atoms. The molecule has 0 spiro atoms. The third-order valence-electron chi connectivity index (χ3n) is 9.46. The number of allylic oxidation sites excluding steroid dienone is 4. The van der Waals surface area contributed by atoms with Crippen LogP contribution in [0.15, 0.2) is 23.8 Å². The fourth-order valence-electron chi connectivity index (χ4n) is 7.97. The van der Waals surface area contributed by atoms with Crippen molar-refractivity contribution < 1.29 is 28.6 Å². The molecule has 0 heterocycles.